The molecular formula is C15H12ClNO3S. The number of carbonyl (C=O) groups is 2. The number of amides is 1. The van der Waals surface area contributed by atoms with Gasteiger partial charge in [-0.25, -0.2) is 4.79 Å². The third kappa shape index (κ3) is 4.24. The Labute approximate surface area is 131 Å². The van der Waals surface area contributed by atoms with Gasteiger partial charge in [-0.1, -0.05) is 35.9 Å². The van der Waals surface area contributed by atoms with Gasteiger partial charge in [0.15, 0.2) is 0 Å². The van der Waals surface area contributed by atoms with E-state index in [1.807, 2.05) is 0 Å². The minimum absolute atomic E-state index is 0.107. The molecule has 4 nitrogen and oxygen atoms in total. The third-order valence-electron chi connectivity index (χ3n) is 2.62. The first-order chi connectivity index (χ1) is 10.1. The Morgan fingerprint density at radius 1 is 1.10 bits per heavy atom. The summed E-state index contributed by atoms with van der Waals surface area (Å²) >= 11 is 7.13. The SMILES string of the molecule is O=C(CSc1ccccc1C(=O)O)Nc1ccccc1Cl. The molecule has 0 bridgehead atoms. The van der Waals surface area contributed by atoms with Gasteiger partial charge >= 0.3 is 5.97 Å². The first-order valence-electron chi connectivity index (χ1n) is 6.07. The number of anilines is 1. The van der Waals surface area contributed by atoms with Gasteiger partial charge in [-0.2, -0.15) is 0 Å². The van der Waals surface area contributed by atoms with E-state index in [2.05, 4.69) is 5.32 Å². The molecule has 6 heteroatoms. The van der Waals surface area contributed by atoms with Crippen LogP contribution in [0.2, 0.25) is 5.02 Å². The Bertz CT molecular complexity index is 675. The molecule has 0 saturated heterocycles. The van der Waals surface area contributed by atoms with Crippen LogP contribution in [0.5, 0.6) is 0 Å². The molecule has 21 heavy (non-hydrogen) atoms. The minimum atomic E-state index is -1.01. The van der Waals surface area contributed by atoms with E-state index in [-0.39, 0.29) is 17.2 Å². The first kappa shape index (κ1) is 15.4. The molecule has 108 valence electrons. The van der Waals surface area contributed by atoms with Gasteiger partial charge in [-0.05, 0) is 24.3 Å². The average Bonchev–Trinajstić information content (AvgIpc) is 2.48. The normalized spacial score (nSPS) is 10.1. The Morgan fingerprint density at radius 2 is 1.76 bits per heavy atom. The maximum atomic E-state index is 11.9. The van der Waals surface area contributed by atoms with Crippen molar-refractivity contribution in [2.24, 2.45) is 0 Å². The van der Waals surface area contributed by atoms with Crippen LogP contribution in [0.1, 0.15) is 10.4 Å². The molecule has 1 amide bonds. The van der Waals surface area contributed by atoms with Gasteiger partial charge in [0.2, 0.25) is 5.91 Å². The van der Waals surface area contributed by atoms with E-state index in [1.165, 1.54) is 17.8 Å². The molecule has 0 saturated carbocycles. The fraction of sp³-hybridized carbons (Fsp3) is 0.0667. The van der Waals surface area contributed by atoms with E-state index < -0.39 is 5.97 Å². The highest BCUT2D eigenvalue weighted by Crippen LogP contribution is 2.24. The number of rotatable bonds is 5. The lowest BCUT2D eigenvalue weighted by Gasteiger charge is -2.08. The molecule has 0 aromatic heterocycles. The summed E-state index contributed by atoms with van der Waals surface area (Å²) in [6.07, 6.45) is 0. The Balaban J connectivity index is 1.99. The summed E-state index contributed by atoms with van der Waals surface area (Å²) < 4.78 is 0. The molecule has 2 aromatic carbocycles. The lowest BCUT2D eigenvalue weighted by molar-refractivity contribution is -0.113. The summed E-state index contributed by atoms with van der Waals surface area (Å²) in [7, 11) is 0. The van der Waals surface area contributed by atoms with Gasteiger partial charge in [0, 0.05) is 4.90 Å². The van der Waals surface area contributed by atoms with Crippen molar-refractivity contribution >= 4 is 40.9 Å². The van der Waals surface area contributed by atoms with Crippen LogP contribution in [0.15, 0.2) is 53.4 Å². The van der Waals surface area contributed by atoms with Crippen molar-refractivity contribution in [2.45, 2.75) is 4.90 Å². The molecule has 0 atom stereocenters. The van der Waals surface area contributed by atoms with Crippen molar-refractivity contribution in [3.8, 4) is 0 Å². The molecule has 2 aromatic rings. The first-order valence-corrected chi connectivity index (χ1v) is 7.44. The topological polar surface area (TPSA) is 66.4 Å². The Hall–Kier alpha value is -1.98. The summed E-state index contributed by atoms with van der Waals surface area (Å²) in [6, 6.07) is 13.5. The van der Waals surface area contributed by atoms with Crippen molar-refractivity contribution in [1.29, 1.82) is 0 Å². The maximum absolute atomic E-state index is 11.9. The van der Waals surface area contributed by atoms with Crippen molar-refractivity contribution in [2.75, 3.05) is 11.1 Å². The van der Waals surface area contributed by atoms with Crippen molar-refractivity contribution in [3.05, 3.63) is 59.1 Å². The average molecular weight is 322 g/mol. The number of halogens is 1. The highest BCUT2D eigenvalue weighted by atomic mass is 35.5. The van der Waals surface area contributed by atoms with Crippen LogP contribution in [-0.4, -0.2) is 22.7 Å². The number of hydrogen-bond acceptors (Lipinski definition) is 3. The van der Waals surface area contributed by atoms with Gasteiger partial charge in [0.1, 0.15) is 0 Å². The fourth-order valence-corrected chi connectivity index (χ4v) is 2.69. The van der Waals surface area contributed by atoms with Crippen LogP contribution in [0.25, 0.3) is 0 Å². The van der Waals surface area contributed by atoms with E-state index in [9.17, 15) is 9.59 Å². The zero-order valence-corrected chi connectivity index (χ0v) is 12.4. The molecule has 0 radical (unpaired) electrons. The van der Waals surface area contributed by atoms with E-state index in [0.29, 0.717) is 15.6 Å². The van der Waals surface area contributed by atoms with Crippen molar-refractivity contribution in [1.82, 2.24) is 0 Å². The van der Waals surface area contributed by atoms with Crippen LogP contribution in [0, 0.1) is 0 Å². The van der Waals surface area contributed by atoms with Crippen LogP contribution >= 0.6 is 23.4 Å². The summed E-state index contributed by atoms with van der Waals surface area (Å²) in [5.74, 6) is -1.15. The second kappa shape index (κ2) is 7.15. The maximum Gasteiger partial charge on any atom is 0.336 e. The Kier molecular flexibility index (Phi) is 5.25. The molecule has 2 rings (SSSR count). The highest BCUT2D eigenvalue weighted by molar-refractivity contribution is 8.00. The van der Waals surface area contributed by atoms with Gasteiger partial charge in [0.25, 0.3) is 0 Å². The zero-order chi connectivity index (χ0) is 15.2. The molecule has 0 spiro atoms. The summed E-state index contributed by atoms with van der Waals surface area (Å²) in [4.78, 5) is 23.5. The van der Waals surface area contributed by atoms with Crippen LogP contribution < -0.4 is 5.32 Å². The number of para-hydroxylation sites is 1. The molecule has 0 unspecified atom stereocenters. The molecule has 0 aliphatic rings. The van der Waals surface area contributed by atoms with Crippen molar-refractivity contribution in [3.63, 3.8) is 0 Å². The predicted octanol–water partition coefficient (Wildman–Crippen LogP) is 3.77. The highest BCUT2D eigenvalue weighted by Gasteiger charge is 2.12. The third-order valence-corrected chi connectivity index (χ3v) is 4.03. The number of carboxylic acids is 1. The van der Waals surface area contributed by atoms with Crippen LogP contribution in [0.4, 0.5) is 5.69 Å². The smallest absolute Gasteiger partial charge is 0.336 e. The molecular weight excluding hydrogens is 310 g/mol. The summed E-state index contributed by atoms with van der Waals surface area (Å²) in [5.41, 5.74) is 0.726. The number of carbonyl (C=O) groups excluding carboxylic acids is 1. The number of hydrogen-bond donors (Lipinski definition) is 2. The second-order valence-corrected chi connectivity index (χ2v) is 5.54. The molecule has 0 fully saturated rings. The fourth-order valence-electron chi connectivity index (χ4n) is 1.66. The van der Waals surface area contributed by atoms with Gasteiger partial charge < -0.3 is 10.4 Å². The quantitative estimate of drug-likeness (QED) is 0.823. The van der Waals surface area contributed by atoms with E-state index in [4.69, 9.17) is 16.7 Å². The standard InChI is InChI=1S/C15H12ClNO3S/c16-11-6-2-3-7-12(11)17-14(18)9-21-13-8-4-1-5-10(13)15(19)20/h1-8H,9H2,(H,17,18)(H,19,20). The second-order valence-electron chi connectivity index (χ2n) is 4.12. The molecule has 2 N–H and O–H groups in total. The monoisotopic (exact) mass is 321 g/mol. The number of nitrogens with one attached hydrogen (secondary N) is 1. The summed E-state index contributed by atoms with van der Waals surface area (Å²) in [5, 5.41) is 12.2. The van der Waals surface area contributed by atoms with Crippen LogP contribution in [-0.2, 0) is 4.79 Å². The summed E-state index contributed by atoms with van der Waals surface area (Å²) in [6.45, 7) is 0. The van der Waals surface area contributed by atoms with Crippen molar-refractivity contribution < 1.29 is 14.7 Å². The lowest BCUT2D eigenvalue weighted by Crippen LogP contribution is -2.14. The van der Waals surface area contributed by atoms with E-state index in [1.54, 1.807) is 42.5 Å². The minimum Gasteiger partial charge on any atom is -0.478 e. The van der Waals surface area contributed by atoms with Gasteiger partial charge in [-0.15, -0.1) is 11.8 Å². The number of carboxylic acid groups (broad SMARTS) is 1. The predicted molar refractivity (Wildman–Crippen MR) is 84.2 cm³/mol. The largest absolute Gasteiger partial charge is 0.478 e. The molecule has 0 heterocycles. The molecule has 0 aliphatic heterocycles. The lowest BCUT2D eigenvalue weighted by atomic mass is 10.2. The number of thioether (sulfide) groups is 1. The van der Waals surface area contributed by atoms with Crippen LogP contribution in [0.3, 0.4) is 0 Å². The van der Waals surface area contributed by atoms with Gasteiger partial charge in [-0.3, -0.25) is 4.79 Å². The Morgan fingerprint density at radius 3 is 2.48 bits per heavy atom. The van der Waals surface area contributed by atoms with E-state index >= 15 is 0 Å². The zero-order valence-electron chi connectivity index (χ0n) is 10.9. The number of benzene rings is 2. The molecule has 0 aliphatic carbocycles. The number of aromatic carboxylic acids is 1. The van der Waals surface area contributed by atoms with Gasteiger partial charge in [0.05, 0.1) is 22.0 Å². The van der Waals surface area contributed by atoms with E-state index in [0.717, 1.165) is 0 Å².